The Morgan fingerprint density at radius 2 is 1.80 bits per heavy atom. The first-order valence-electron chi connectivity index (χ1n) is 8.13. The van der Waals surface area contributed by atoms with Crippen molar-refractivity contribution in [3.05, 3.63) is 50.8 Å². The van der Waals surface area contributed by atoms with Gasteiger partial charge in [-0.25, -0.2) is 4.98 Å². The molecule has 1 N–H and O–H groups in total. The number of pyridine rings is 1. The minimum Gasteiger partial charge on any atom is -0.336 e. The van der Waals surface area contributed by atoms with Crippen molar-refractivity contribution in [3.63, 3.8) is 0 Å². The Morgan fingerprint density at radius 1 is 1.16 bits per heavy atom. The Hall–Kier alpha value is -2.21. The van der Waals surface area contributed by atoms with Crippen molar-refractivity contribution >= 4 is 38.6 Å². The van der Waals surface area contributed by atoms with Crippen LogP contribution in [-0.4, -0.2) is 16.0 Å². The molecule has 0 radical (unpaired) electrons. The van der Waals surface area contributed by atoms with E-state index >= 15 is 0 Å². The Kier molecular flexibility index (Phi) is 4.64. The topological polar surface area (TPSA) is 68.0 Å². The van der Waals surface area contributed by atoms with E-state index in [1.165, 1.54) is 0 Å². The third-order valence-electron chi connectivity index (χ3n) is 4.21. The number of benzene rings is 1. The van der Waals surface area contributed by atoms with Crippen LogP contribution in [0.15, 0.2) is 27.2 Å². The van der Waals surface area contributed by atoms with E-state index in [0.29, 0.717) is 22.4 Å². The van der Waals surface area contributed by atoms with Gasteiger partial charge in [-0.05, 0) is 56.0 Å². The molecule has 2 heterocycles. The van der Waals surface area contributed by atoms with Crippen LogP contribution in [0.4, 0.5) is 5.69 Å². The SMILES string of the molecule is Cc1cc(Br)cc(C)c1NC(=O)c1cc(C(C)C)nc2onc(C)c12. The standard InChI is InChI=1S/C19H20BrN3O2/c1-9(2)15-8-14(16-12(5)23-25-19(16)21-15)18(24)22-17-10(3)6-13(20)7-11(17)4/h6-9H,1-5H3,(H,22,24). The van der Waals surface area contributed by atoms with Gasteiger partial charge in [0.15, 0.2) is 0 Å². The summed E-state index contributed by atoms with van der Waals surface area (Å²) in [5, 5.41) is 7.67. The van der Waals surface area contributed by atoms with Gasteiger partial charge < -0.3 is 9.84 Å². The highest BCUT2D eigenvalue weighted by atomic mass is 79.9. The first-order valence-corrected chi connectivity index (χ1v) is 8.92. The second kappa shape index (κ2) is 6.59. The Balaban J connectivity index is 2.10. The summed E-state index contributed by atoms with van der Waals surface area (Å²) in [7, 11) is 0. The Bertz CT molecular complexity index is 953. The van der Waals surface area contributed by atoms with E-state index in [2.05, 4.69) is 31.4 Å². The summed E-state index contributed by atoms with van der Waals surface area (Å²) in [6, 6.07) is 5.79. The molecule has 6 heteroatoms. The van der Waals surface area contributed by atoms with Crippen LogP contribution in [0, 0.1) is 20.8 Å². The summed E-state index contributed by atoms with van der Waals surface area (Å²) in [6.07, 6.45) is 0. The minimum atomic E-state index is -0.186. The first-order chi connectivity index (χ1) is 11.8. The highest BCUT2D eigenvalue weighted by Gasteiger charge is 2.20. The van der Waals surface area contributed by atoms with Crippen LogP contribution in [-0.2, 0) is 0 Å². The van der Waals surface area contributed by atoms with Crippen molar-refractivity contribution in [1.82, 2.24) is 10.1 Å². The van der Waals surface area contributed by atoms with Gasteiger partial charge in [0.1, 0.15) is 0 Å². The molecular weight excluding hydrogens is 382 g/mol. The van der Waals surface area contributed by atoms with Gasteiger partial charge in [0, 0.05) is 15.9 Å². The van der Waals surface area contributed by atoms with Gasteiger partial charge in [-0.3, -0.25) is 4.79 Å². The van der Waals surface area contributed by atoms with E-state index in [0.717, 1.165) is 27.0 Å². The van der Waals surface area contributed by atoms with Gasteiger partial charge in [-0.15, -0.1) is 0 Å². The van der Waals surface area contributed by atoms with Crippen molar-refractivity contribution in [3.8, 4) is 0 Å². The zero-order chi connectivity index (χ0) is 18.3. The third kappa shape index (κ3) is 3.31. The van der Waals surface area contributed by atoms with E-state index in [9.17, 15) is 4.79 Å². The van der Waals surface area contributed by atoms with E-state index in [-0.39, 0.29) is 11.8 Å². The summed E-state index contributed by atoms with van der Waals surface area (Å²) < 4.78 is 6.29. The van der Waals surface area contributed by atoms with Gasteiger partial charge in [0.05, 0.1) is 16.6 Å². The number of hydrogen-bond donors (Lipinski definition) is 1. The van der Waals surface area contributed by atoms with Crippen LogP contribution in [0.3, 0.4) is 0 Å². The van der Waals surface area contributed by atoms with Crippen molar-refractivity contribution in [2.75, 3.05) is 5.32 Å². The van der Waals surface area contributed by atoms with Crippen LogP contribution < -0.4 is 5.32 Å². The molecule has 0 saturated heterocycles. The third-order valence-corrected chi connectivity index (χ3v) is 4.67. The number of fused-ring (bicyclic) bond motifs is 1. The smallest absolute Gasteiger partial charge is 0.259 e. The van der Waals surface area contributed by atoms with E-state index in [1.54, 1.807) is 0 Å². The van der Waals surface area contributed by atoms with Crippen molar-refractivity contribution in [2.45, 2.75) is 40.5 Å². The number of carbonyl (C=O) groups is 1. The van der Waals surface area contributed by atoms with E-state index in [1.807, 2.05) is 52.8 Å². The molecule has 0 bridgehead atoms. The number of nitrogens with one attached hydrogen (secondary N) is 1. The molecular formula is C19H20BrN3O2. The van der Waals surface area contributed by atoms with Crippen LogP contribution >= 0.6 is 15.9 Å². The van der Waals surface area contributed by atoms with Gasteiger partial charge in [0.25, 0.3) is 11.6 Å². The number of carbonyl (C=O) groups excluding carboxylic acids is 1. The quantitative estimate of drug-likeness (QED) is 0.647. The number of halogens is 1. The van der Waals surface area contributed by atoms with Crippen LogP contribution in [0.25, 0.3) is 11.1 Å². The van der Waals surface area contributed by atoms with Crippen molar-refractivity contribution in [1.29, 1.82) is 0 Å². The molecule has 0 atom stereocenters. The van der Waals surface area contributed by atoms with E-state index < -0.39 is 0 Å². The molecule has 0 aliphatic heterocycles. The fraction of sp³-hybridized carbons (Fsp3) is 0.316. The van der Waals surface area contributed by atoms with E-state index in [4.69, 9.17) is 4.52 Å². The molecule has 0 unspecified atom stereocenters. The summed E-state index contributed by atoms with van der Waals surface area (Å²) in [5.41, 5.74) is 5.21. The van der Waals surface area contributed by atoms with Gasteiger partial charge in [0.2, 0.25) is 0 Å². The number of anilines is 1. The molecule has 0 spiro atoms. The monoisotopic (exact) mass is 401 g/mol. The summed E-state index contributed by atoms with van der Waals surface area (Å²) in [6.45, 7) is 9.82. The number of nitrogens with zero attached hydrogens (tertiary/aromatic N) is 2. The molecule has 1 amide bonds. The average molecular weight is 402 g/mol. The zero-order valence-electron chi connectivity index (χ0n) is 14.9. The number of aryl methyl sites for hydroxylation is 3. The molecule has 25 heavy (non-hydrogen) atoms. The molecule has 3 rings (SSSR count). The largest absolute Gasteiger partial charge is 0.336 e. The van der Waals surface area contributed by atoms with Crippen LogP contribution in [0.1, 0.15) is 52.6 Å². The fourth-order valence-electron chi connectivity index (χ4n) is 2.88. The second-order valence-electron chi connectivity index (χ2n) is 6.57. The molecule has 2 aromatic heterocycles. The lowest BCUT2D eigenvalue weighted by Gasteiger charge is -2.14. The first kappa shape index (κ1) is 17.6. The summed E-state index contributed by atoms with van der Waals surface area (Å²) in [4.78, 5) is 17.5. The maximum absolute atomic E-state index is 13.0. The molecule has 3 aromatic rings. The number of amides is 1. The van der Waals surface area contributed by atoms with Crippen molar-refractivity contribution < 1.29 is 9.32 Å². The molecule has 0 saturated carbocycles. The van der Waals surface area contributed by atoms with Gasteiger partial charge in [-0.1, -0.05) is 34.9 Å². The number of rotatable bonds is 3. The highest BCUT2D eigenvalue weighted by molar-refractivity contribution is 9.10. The zero-order valence-corrected chi connectivity index (χ0v) is 16.5. The van der Waals surface area contributed by atoms with Gasteiger partial charge in [-0.2, -0.15) is 0 Å². The van der Waals surface area contributed by atoms with Crippen LogP contribution in [0.2, 0.25) is 0 Å². The maximum Gasteiger partial charge on any atom is 0.259 e. The van der Waals surface area contributed by atoms with Crippen LogP contribution in [0.5, 0.6) is 0 Å². The van der Waals surface area contributed by atoms with Crippen molar-refractivity contribution in [2.24, 2.45) is 0 Å². The molecule has 5 nitrogen and oxygen atoms in total. The van der Waals surface area contributed by atoms with Gasteiger partial charge >= 0.3 is 0 Å². The number of aromatic nitrogens is 2. The normalized spacial score (nSPS) is 11.3. The average Bonchev–Trinajstić information content (AvgIpc) is 2.91. The molecule has 130 valence electrons. The Morgan fingerprint density at radius 3 is 2.40 bits per heavy atom. The molecule has 0 aliphatic rings. The molecule has 0 fully saturated rings. The number of hydrogen-bond acceptors (Lipinski definition) is 4. The lowest BCUT2D eigenvalue weighted by Crippen LogP contribution is -2.15. The minimum absolute atomic E-state index is 0.178. The second-order valence-corrected chi connectivity index (χ2v) is 7.48. The predicted octanol–water partition coefficient (Wildman–Crippen LogP) is 5.29. The molecule has 0 aliphatic carbocycles. The lowest BCUT2D eigenvalue weighted by atomic mass is 10.0. The highest BCUT2D eigenvalue weighted by Crippen LogP contribution is 2.28. The lowest BCUT2D eigenvalue weighted by molar-refractivity contribution is 0.102. The predicted molar refractivity (Wildman–Crippen MR) is 102 cm³/mol. The summed E-state index contributed by atoms with van der Waals surface area (Å²) >= 11 is 3.48. The maximum atomic E-state index is 13.0. The molecule has 1 aromatic carbocycles. The Labute approximate surface area is 154 Å². The summed E-state index contributed by atoms with van der Waals surface area (Å²) in [5.74, 6) is -0.00775. The fourth-order valence-corrected chi connectivity index (χ4v) is 3.56.